The second-order valence-corrected chi connectivity index (χ2v) is 7.91. The Morgan fingerprint density at radius 2 is 1.96 bits per heavy atom. The molecule has 2 fully saturated rings. The van der Waals surface area contributed by atoms with Gasteiger partial charge < -0.3 is 16.0 Å². The third kappa shape index (κ3) is 4.15. The van der Waals surface area contributed by atoms with Crippen molar-refractivity contribution in [2.75, 3.05) is 19.6 Å². The largest absolute Gasteiger partial charge is 0.341 e. The van der Waals surface area contributed by atoms with Crippen LogP contribution >= 0.6 is 12.4 Å². The zero-order valence-corrected chi connectivity index (χ0v) is 17.4. The fraction of sp³-hybridized carbons (Fsp3) is 0.550. The summed E-state index contributed by atoms with van der Waals surface area (Å²) in [5.74, 6) is -0.355. The van der Waals surface area contributed by atoms with Crippen molar-refractivity contribution in [1.29, 1.82) is 0 Å². The van der Waals surface area contributed by atoms with E-state index >= 15 is 0 Å². The molecule has 28 heavy (non-hydrogen) atoms. The van der Waals surface area contributed by atoms with Gasteiger partial charge in [0.2, 0.25) is 5.91 Å². The van der Waals surface area contributed by atoms with E-state index in [4.69, 9.17) is 5.73 Å². The summed E-state index contributed by atoms with van der Waals surface area (Å²) in [6.45, 7) is 6.56. The molecule has 154 valence electrons. The number of aryl methyl sites for hydroxylation is 1. The number of nitrogens with zero attached hydrogens (tertiary/aromatic N) is 2. The van der Waals surface area contributed by atoms with Crippen LogP contribution in [0.5, 0.6) is 0 Å². The minimum absolute atomic E-state index is 0. The average Bonchev–Trinajstić information content (AvgIpc) is 2.86. The molecule has 0 radical (unpaired) electrons. The van der Waals surface area contributed by atoms with E-state index in [2.05, 4.69) is 5.32 Å². The van der Waals surface area contributed by atoms with Crippen molar-refractivity contribution in [2.45, 2.75) is 45.2 Å². The van der Waals surface area contributed by atoms with Gasteiger partial charge in [0.1, 0.15) is 12.1 Å². The Morgan fingerprint density at radius 3 is 2.57 bits per heavy atom. The highest BCUT2D eigenvalue weighted by Gasteiger charge is 2.49. The molecular weight excluding hydrogens is 380 g/mol. The summed E-state index contributed by atoms with van der Waals surface area (Å²) in [6.07, 6.45) is 1.88. The topological polar surface area (TPSA) is 95.7 Å². The molecule has 2 aliphatic heterocycles. The molecule has 2 heterocycles. The molecule has 0 saturated carbocycles. The molecule has 3 atom stereocenters. The van der Waals surface area contributed by atoms with Crippen molar-refractivity contribution >= 4 is 30.3 Å². The van der Waals surface area contributed by atoms with Crippen LogP contribution in [0.3, 0.4) is 0 Å². The lowest BCUT2D eigenvalue weighted by atomic mass is 9.91. The van der Waals surface area contributed by atoms with Crippen LogP contribution in [0.4, 0.5) is 4.79 Å². The molecule has 1 aromatic carbocycles. The summed E-state index contributed by atoms with van der Waals surface area (Å²) in [4.78, 5) is 40.9. The summed E-state index contributed by atoms with van der Waals surface area (Å²) in [5, 5.41) is 2.75. The molecule has 7 nitrogen and oxygen atoms in total. The van der Waals surface area contributed by atoms with Crippen molar-refractivity contribution in [3.05, 3.63) is 35.4 Å². The van der Waals surface area contributed by atoms with E-state index in [1.165, 1.54) is 0 Å². The van der Waals surface area contributed by atoms with Gasteiger partial charge in [-0.2, -0.15) is 0 Å². The third-order valence-electron chi connectivity index (χ3n) is 5.75. The van der Waals surface area contributed by atoms with Gasteiger partial charge in [-0.05, 0) is 45.1 Å². The lowest BCUT2D eigenvalue weighted by Crippen LogP contribution is -2.49. The number of piperidine rings is 1. The SMILES string of the molecule is Cc1ccc(C2(C)NC(=O)N(CC(=O)N3CCCC(C(C)N)C3)C2=O)cc1.Cl. The van der Waals surface area contributed by atoms with Gasteiger partial charge in [-0.3, -0.25) is 14.5 Å². The maximum absolute atomic E-state index is 13.0. The third-order valence-corrected chi connectivity index (χ3v) is 5.75. The number of hydrogen-bond acceptors (Lipinski definition) is 4. The number of nitrogens with one attached hydrogen (secondary N) is 1. The number of hydrogen-bond donors (Lipinski definition) is 2. The minimum Gasteiger partial charge on any atom is -0.341 e. The molecular formula is C20H29ClN4O3. The van der Waals surface area contributed by atoms with Crippen LogP contribution in [0.1, 0.15) is 37.8 Å². The Labute approximate surface area is 172 Å². The van der Waals surface area contributed by atoms with Gasteiger partial charge in [0.15, 0.2) is 0 Å². The fourth-order valence-corrected chi connectivity index (χ4v) is 3.82. The molecule has 2 aliphatic rings. The first-order valence-corrected chi connectivity index (χ1v) is 9.47. The van der Waals surface area contributed by atoms with Crippen molar-refractivity contribution in [3.8, 4) is 0 Å². The molecule has 0 aliphatic carbocycles. The second-order valence-electron chi connectivity index (χ2n) is 7.91. The monoisotopic (exact) mass is 408 g/mol. The van der Waals surface area contributed by atoms with Gasteiger partial charge >= 0.3 is 6.03 Å². The maximum atomic E-state index is 13.0. The summed E-state index contributed by atoms with van der Waals surface area (Å²) in [6, 6.07) is 6.94. The first-order chi connectivity index (χ1) is 12.7. The number of imide groups is 1. The van der Waals surface area contributed by atoms with Gasteiger partial charge in [0.25, 0.3) is 5.91 Å². The highest BCUT2D eigenvalue weighted by molar-refractivity contribution is 6.09. The molecule has 2 saturated heterocycles. The van der Waals surface area contributed by atoms with Crippen LogP contribution in [0.25, 0.3) is 0 Å². The second kappa shape index (κ2) is 8.49. The molecule has 0 aromatic heterocycles. The normalized spacial score (nSPS) is 25.9. The molecule has 3 rings (SSSR count). The first kappa shape index (κ1) is 22.2. The van der Waals surface area contributed by atoms with Crippen molar-refractivity contribution < 1.29 is 14.4 Å². The van der Waals surface area contributed by atoms with Crippen LogP contribution < -0.4 is 11.1 Å². The number of urea groups is 1. The molecule has 4 amide bonds. The van der Waals surface area contributed by atoms with Gasteiger partial charge in [-0.1, -0.05) is 29.8 Å². The zero-order chi connectivity index (χ0) is 19.8. The predicted octanol–water partition coefficient (Wildman–Crippen LogP) is 1.77. The van der Waals surface area contributed by atoms with Crippen LogP contribution in [0, 0.1) is 12.8 Å². The van der Waals surface area contributed by atoms with Crippen molar-refractivity contribution in [2.24, 2.45) is 11.7 Å². The highest BCUT2D eigenvalue weighted by Crippen LogP contribution is 2.29. The van der Waals surface area contributed by atoms with Gasteiger partial charge in [0, 0.05) is 19.1 Å². The Bertz CT molecular complexity index is 752. The minimum atomic E-state index is -1.15. The summed E-state index contributed by atoms with van der Waals surface area (Å²) in [7, 11) is 0. The van der Waals surface area contributed by atoms with E-state index in [1.807, 2.05) is 38.1 Å². The molecule has 1 aromatic rings. The highest BCUT2D eigenvalue weighted by atomic mass is 35.5. The standard InChI is InChI=1S/C20H28N4O3.ClH/c1-13-6-8-16(9-7-13)20(3)18(26)24(19(27)22-20)12-17(25)23-10-4-5-15(11-23)14(2)21;/h6-9,14-15H,4-5,10-12,21H2,1-3H3,(H,22,27);1H. The Kier molecular flexibility index (Phi) is 6.72. The number of carbonyl (C=O) groups excluding carboxylic acids is 3. The van der Waals surface area contributed by atoms with Gasteiger partial charge in [-0.25, -0.2) is 4.79 Å². The molecule has 0 spiro atoms. The zero-order valence-electron chi connectivity index (χ0n) is 16.6. The van der Waals surface area contributed by atoms with Crippen LogP contribution in [0.2, 0.25) is 0 Å². The summed E-state index contributed by atoms with van der Waals surface area (Å²) < 4.78 is 0. The summed E-state index contributed by atoms with van der Waals surface area (Å²) in [5.41, 5.74) is 6.60. The first-order valence-electron chi connectivity index (χ1n) is 9.47. The lowest BCUT2D eigenvalue weighted by Gasteiger charge is -2.35. The Morgan fingerprint density at radius 1 is 1.32 bits per heavy atom. The van der Waals surface area contributed by atoms with E-state index in [9.17, 15) is 14.4 Å². The molecule has 3 unspecified atom stereocenters. The van der Waals surface area contributed by atoms with E-state index in [-0.39, 0.29) is 36.8 Å². The van der Waals surface area contributed by atoms with E-state index in [0.717, 1.165) is 23.3 Å². The number of nitrogens with two attached hydrogens (primary N) is 1. The molecule has 3 N–H and O–H groups in total. The number of likely N-dealkylation sites (tertiary alicyclic amines) is 1. The Balaban J connectivity index is 0.00000280. The van der Waals surface area contributed by atoms with Crippen molar-refractivity contribution in [3.63, 3.8) is 0 Å². The predicted molar refractivity (Wildman–Crippen MR) is 109 cm³/mol. The maximum Gasteiger partial charge on any atom is 0.325 e. The molecule has 0 bridgehead atoms. The molecule has 8 heteroatoms. The lowest BCUT2D eigenvalue weighted by molar-refractivity contribution is -0.140. The van der Waals surface area contributed by atoms with Crippen LogP contribution in [-0.4, -0.2) is 53.3 Å². The van der Waals surface area contributed by atoms with E-state index < -0.39 is 17.5 Å². The number of rotatable bonds is 4. The Hall–Kier alpha value is -2.12. The van der Waals surface area contributed by atoms with E-state index in [1.54, 1.807) is 11.8 Å². The number of amides is 4. The van der Waals surface area contributed by atoms with Gasteiger partial charge in [-0.15, -0.1) is 12.4 Å². The number of halogens is 1. The number of carbonyl (C=O) groups is 3. The van der Waals surface area contributed by atoms with E-state index in [0.29, 0.717) is 18.7 Å². The average molecular weight is 409 g/mol. The number of benzene rings is 1. The van der Waals surface area contributed by atoms with Gasteiger partial charge in [0.05, 0.1) is 0 Å². The smallest absolute Gasteiger partial charge is 0.325 e. The van der Waals surface area contributed by atoms with Crippen molar-refractivity contribution in [1.82, 2.24) is 15.1 Å². The van der Waals surface area contributed by atoms with Crippen LogP contribution in [-0.2, 0) is 15.1 Å². The quantitative estimate of drug-likeness (QED) is 0.742. The van der Waals surface area contributed by atoms with Crippen LogP contribution in [0.15, 0.2) is 24.3 Å². The fourth-order valence-electron chi connectivity index (χ4n) is 3.82. The summed E-state index contributed by atoms with van der Waals surface area (Å²) >= 11 is 0.